The highest BCUT2D eigenvalue weighted by Crippen LogP contribution is 2.31. The molecule has 1 saturated heterocycles. The first-order valence-corrected chi connectivity index (χ1v) is 7.09. The van der Waals surface area contributed by atoms with E-state index >= 15 is 0 Å². The number of rotatable bonds is 2. The third-order valence-electron chi connectivity index (χ3n) is 3.63. The molecule has 1 aliphatic heterocycles. The highest BCUT2D eigenvalue weighted by atomic mass is 79.9. The fourth-order valence-corrected chi connectivity index (χ4v) is 2.79. The van der Waals surface area contributed by atoms with E-state index in [1.54, 1.807) is 0 Å². The van der Waals surface area contributed by atoms with Crippen LogP contribution in [0.2, 0.25) is 0 Å². The van der Waals surface area contributed by atoms with Gasteiger partial charge in [0.15, 0.2) is 0 Å². The summed E-state index contributed by atoms with van der Waals surface area (Å²) in [4.78, 5) is 12.4. The van der Waals surface area contributed by atoms with Gasteiger partial charge in [0.1, 0.15) is 0 Å². The number of carbonyl (C=O) groups is 1. The second kappa shape index (κ2) is 5.41. The van der Waals surface area contributed by atoms with Crippen LogP contribution in [0.3, 0.4) is 0 Å². The zero-order valence-corrected chi connectivity index (χ0v) is 12.4. The van der Waals surface area contributed by atoms with Crippen molar-refractivity contribution >= 4 is 27.5 Å². The van der Waals surface area contributed by atoms with Crippen molar-refractivity contribution in [3.8, 4) is 0 Å². The van der Waals surface area contributed by atoms with Crippen molar-refractivity contribution in [2.24, 2.45) is 5.41 Å². The van der Waals surface area contributed by atoms with Gasteiger partial charge in [-0.2, -0.15) is 0 Å². The third-order valence-corrected chi connectivity index (χ3v) is 4.28. The van der Waals surface area contributed by atoms with Crippen LogP contribution >= 0.6 is 15.9 Å². The molecule has 0 spiro atoms. The van der Waals surface area contributed by atoms with E-state index in [4.69, 9.17) is 0 Å². The van der Waals surface area contributed by atoms with Gasteiger partial charge in [-0.05, 0) is 66.5 Å². The molecule has 98 valence electrons. The van der Waals surface area contributed by atoms with E-state index in [9.17, 15) is 4.79 Å². The maximum absolute atomic E-state index is 12.4. The topological polar surface area (TPSA) is 41.1 Å². The lowest BCUT2D eigenvalue weighted by molar-refractivity contribution is -0.126. The lowest BCUT2D eigenvalue weighted by atomic mass is 9.80. The van der Waals surface area contributed by atoms with Gasteiger partial charge in [-0.1, -0.05) is 13.0 Å². The number of anilines is 1. The summed E-state index contributed by atoms with van der Waals surface area (Å²) in [6, 6.07) is 5.97. The first-order valence-electron chi connectivity index (χ1n) is 6.30. The largest absolute Gasteiger partial charge is 0.325 e. The van der Waals surface area contributed by atoms with E-state index in [-0.39, 0.29) is 11.3 Å². The number of carbonyl (C=O) groups excluding carboxylic acids is 1. The Kier molecular flexibility index (Phi) is 4.07. The van der Waals surface area contributed by atoms with Gasteiger partial charge in [0.2, 0.25) is 5.91 Å². The van der Waals surface area contributed by atoms with E-state index in [0.29, 0.717) is 0 Å². The van der Waals surface area contributed by atoms with Crippen LogP contribution in [0.5, 0.6) is 0 Å². The van der Waals surface area contributed by atoms with Crippen molar-refractivity contribution in [3.05, 3.63) is 28.2 Å². The van der Waals surface area contributed by atoms with Crippen molar-refractivity contribution in [1.82, 2.24) is 5.32 Å². The van der Waals surface area contributed by atoms with Crippen LogP contribution in [0.4, 0.5) is 5.69 Å². The Bertz CT molecular complexity index is 453. The Morgan fingerprint density at radius 1 is 1.39 bits per heavy atom. The monoisotopic (exact) mass is 310 g/mol. The second-order valence-electron chi connectivity index (χ2n) is 5.25. The van der Waals surface area contributed by atoms with Crippen molar-refractivity contribution in [1.29, 1.82) is 0 Å². The molecule has 1 fully saturated rings. The number of aryl methyl sites for hydroxylation is 1. The van der Waals surface area contributed by atoms with Gasteiger partial charge < -0.3 is 10.6 Å². The molecule has 4 heteroatoms. The Labute approximate surface area is 116 Å². The SMILES string of the molecule is Cc1ccc(NC(=O)C2(C)CCNCC2)c(Br)c1. The molecular formula is C14H19BrN2O. The van der Waals surface area contributed by atoms with Crippen LogP contribution < -0.4 is 10.6 Å². The molecule has 0 atom stereocenters. The van der Waals surface area contributed by atoms with Gasteiger partial charge in [0.25, 0.3) is 0 Å². The Balaban J connectivity index is 2.11. The number of amides is 1. The fraction of sp³-hybridized carbons (Fsp3) is 0.500. The van der Waals surface area contributed by atoms with E-state index < -0.39 is 0 Å². The standard InChI is InChI=1S/C14H19BrN2O/c1-10-3-4-12(11(15)9-10)17-13(18)14(2)5-7-16-8-6-14/h3-4,9,16H,5-8H2,1-2H3,(H,17,18). The molecule has 0 radical (unpaired) electrons. The van der Waals surface area contributed by atoms with Gasteiger partial charge in [0, 0.05) is 9.89 Å². The number of hydrogen-bond donors (Lipinski definition) is 2. The first-order chi connectivity index (χ1) is 8.51. The number of piperidine rings is 1. The third kappa shape index (κ3) is 2.93. The molecule has 1 aromatic rings. The number of hydrogen-bond acceptors (Lipinski definition) is 2. The van der Waals surface area contributed by atoms with E-state index in [2.05, 4.69) is 26.6 Å². The number of benzene rings is 1. The Morgan fingerprint density at radius 3 is 2.67 bits per heavy atom. The lowest BCUT2D eigenvalue weighted by Crippen LogP contribution is -2.42. The summed E-state index contributed by atoms with van der Waals surface area (Å²) in [5.41, 5.74) is 1.77. The van der Waals surface area contributed by atoms with Crippen LogP contribution in [0, 0.1) is 12.3 Å². The maximum Gasteiger partial charge on any atom is 0.230 e. The normalized spacial score (nSPS) is 18.4. The van der Waals surface area contributed by atoms with Crippen molar-refractivity contribution < 1.29 is 4.79 Å². The Hall–Kier alpha value is -0.870. The fourth-order valence-electron chi connectivity index (χ4n) is 2.20. The Morgan fingerprint density at radius 2 is 2.06 bits per heavy atom. The van der Waals surface area contributed by atoms with Gasteiger partial charge in [0.05, 0.1) is 5.69 Å². The quantitative estimate of drug-likeness (QED) is 0.881. The average molecular weight is 311 g/mol. The van der Waals surface area contributed by atoms with Gasteiger partial charge in [-0.3, -0.25) is 4.79 Å². The summed E-state index contributed by atoms with van der Waals surface area (Å²) >= 11 is 3.49. The van der Waals surface area contributed by atoms with Crippen molar-refractivity contribution in [3.63, 3.8) is 0 Å². The molecule has 3 nitrogen and oxygen atoms in total. The molecule has 1 amide bonds. The summed E-state index contributed by atoms with van der Waals surface area (Å²) in [5.74, 6) is 0.119. The molecule has 0 unspecified atom stereocenters. The van der Waals surface area contributed by atoms with E-state index in [1.165, 1.54) is 5.56 Å². The number of nitrogens with one attached hydrogen (secondary N) is 2. The molecular weight excluding hydrogens is 292 g/mol. The zero-order valence-electron chi connectivity index (χ0n) is 10.8. The number of halogens is 1. The van der Waals surface area contributed by atoms with E-state index in [0.717, 1.165) is 36.1 Å². The molecule has 0 aliphatic carbocycles. The predicted octanol–water partition coefficient (Wildman–Crippen LogP) is 3.09. The molecule has 18 heavy (non-hydrogen) atoms. The van der Waals surface area contributed by atoms with Crippen molar-refractivity contribution in [2.75, 3.05) is 18.4 Å². The zero-order chi connectivity index (χ0) is 13.2. The van der Waals surface area contributed by atoms with E-state index in [1.807, 2.05) is 32.0 Å². The summed E-state index contributed by atoms with van der Waals surface area (Å²) in [6.45, 7) is 5.91. The summed E-state index contributed by atoms with van der Waals surface area (Å²) in [7, 11) is 0. The summed E-state index contributed by atoms with van der Waals surface area (Å²) in [5, 5.41) is 6.32. The lowest BCUT2D eigenvalue weighted by Gasteiger charge is -2.32. The molecule has 0 saturated carbocycles. The molecule has 1 heterocycles. The van der Waals surface area contributed by atoms with Crippen LogP contribution in [0.15, 0.2) is 22.7 Å². The van der Waals surface area contributed by atoms with Crippen LogP contribution in [-0.2, 0) is 4.79 Å². The maximum atomic E-state index is 12.4. The van der Waals surface area contributed by atoms with Crippen LogP contribution in [0.25, 0.3) is 0 Å². The summed E-state index contributed by atoms with van der Waals surface area (Å²) in [6.07, 6.45) is 1.78. The minimum Gasteiger partial charge on any atom is -0.325 e. The van der Waals surface area contributed by atoms with Gasteiger partial charge >= 0.3 is 0 Å². The molecule has 0 bridgehead atoms. The highest BCUT2D eigenvalue weighted by Gasteiger charge is 2.34. The molecule has 1 aliphatic rings. The highest BCUT2D eigenvalue weighted by molar-refractivity contribution is 9.10. The second-order valence-corrected chi connectivity index (χ2v) is 6.10. The van der Waals surface area contributed by atoms with Gasteiger partial charge in [-0.25, -0.2) is 0 Å². The molecule has 2 N–H and O–H groups in total. The predicted molar refractivity (Wildman–Crippen MR) is 77.7 cm³/mol. The molecule has 2 rings (SSSR count). The smallest absolute Gasteiger partial charge is 0.230 e. The minimum atomic E-state index is -0.254. The van der Waals surface area contributed by atoms with Crippen LogP contribution in [-0.4, -0.2) is 19.0 Å². The average Bonchev–Trinajstić information content (AvgIpc) is 2.33. The minimum absolute atomic E-state index is 0.119. The summed E-state index contributed by atoms with van der Waals surface area (Å²) < 4.78 is 0.938. The molecule has 0 aromatic heterocycles. The van der Waals surface area contributed by atoms with Crippen molar-refractivity contribution in [2.45, 2.75) is 26.7 Å². The first kappa shape index (κ1) is 13.6. The van der Waals surface area contributed by atoms with Crippen LogP contribution in [0.1, 0.15) is 25.3 Å². The van der Waals surface area contributed by atoms with Gasteiger partial charge in [-0.15, -0.1) is 0 Å². The molecule has 1 aromatic carbocycles.